The molecule has 0 atom stereocenters. The Hall–Kier alpha value is -9.12. The normalized spacial score (nSPS) is 13.6. The van der Waals surface area contributed by atoms with Gasteiger partial charge in [0.1, 0.15) is 28.6 Å². The van der Waals surface area contributed by atoms with Crippen LogP contribution in [0.2, 0.25) is 0 Å². The van der Waals surface area contributed by atoms with Crippen LogP contribution in [-0.2, 0) is 24.3 Å². The highest BCUT2D eigenvalue weighted by molar-refractivity contribution is 5.97. The van der Waals surface area contributed by atoms with Gasteiger partial charge in [-0.2, -0.15) is 4.99 Å². The van der Waals surface area contributed by atoms with Crippen molar-refractivity contribution in [1.82, 2.24) is 54.3 Å². The largest absolute Gasteiger partial charge is 0.508 e. The number of piperazine rings is 1. The number of carbonyl (C=O) groups is 4. The van der Waals surface area contributed by atoms with Gasteiger partial charge in [0.05, 0.1) is 31.3 Å². The number of nitrogens with two attached hydrogens (primary N) is 1. The number of hydrogen-bond donors (Lipinski definition) is 5. The number of ether oxygens (including phenoxy) is 3. The number of nitrogens with one attached hydrogen (secondary N) is 2. The fourth-order valence-electron chi connectivity index (χ4n) is 9.15. The van der Waals surface area contributed by atoms with Gasteiger partial charge in [0, 0.05) is 95.5 Å². The summed E-state index contributed by atoms with van der Waals surface area (Å²) in [5.74, 6) is 0.984. The Morgan fingerprint density at radius 1 is 0.909 bits per heavy atom. The standard InChI is InChI=1S/C54H60N14O9/c1-6-56-51(73)49-63-62-48(40-27-39(32(2)3)41(69)28-42(40)70)68(49)36-12-8-34(9-13-36)31-65-21-23-66(24-22-65)44(71)26-33-10-14-37(15-11-33)77-54(74)64(4)19-7-25-76-43-17-16-38-45(46(43)75-5)60-53(67-20-18-57-47(38)67)61-50(72)35-29-58-52(55)59-30-35/h8-17,27-30,32,57,69-70H,6-7,18-26,31H2,1-5H3,(H,56,73)(H2,55,58,59). The molecule has 2 aliphatic rings. The maximum Gasteiger partial charge on any atom is 0.414 e. The van der Waals surface area contributed by atoms with Crippen LogP contribution in [0.5, 0.6) is 28.7 Å². The lowest BCUT2D eigenvalue weighted by molar-refractivity contribution is -0.132. The molecule has 7 aromatic rings. The van der Waals surface area contributed by atoms with Crippen molar-refractivity contribution < 1.29 is 43.6 Å². The fraction of sp³-hybridized carbons (Fsp3) is 0.333. The van der Waals surface area contributed by atoms with Crippen molar-refractivity contribution in [1.29, 1.82) is 0 Å². The first-order valence-corrected chi connectivity index (χ1v) is 25.3. The Labute approximate surface area is 443 Å². The van der Waals surface area contributed by atoms with E-state index in [2.05, 4.69) is 40.7 Å². The van der Waals surface area contributed by atoms with Crippen molar-refractivity contribution >= 4 is 46.5 Å². The number of fused-ring (bicyclic) bond motifs is 3. The molecule has 4 amide bonds. The molecule has 0 saturated carbocycles. The molecule has 9 rings (SSSR count). The van der Waals surface area contributed by atoms with Crippen LogP contribution < -0.4 is 36.2 Å². The van der Waals surface area contributed by atoms with Gasteiger partial charge in [0.25, 0.3) is 11.8 Å². The third kappa shape index (κ3) is 11.7. The summed E-state index contributed by atoms with van der Waals surface area (Å²) >= 11 is 0. The molecule has 0 spiro atoms. The van der Waals surface area contributed by atoms with E-state index in [1.807, 2.05) is 60.6 Å². The van der Waals surface area contributed by atoms with E-state index in [4.69, 9.17) is 24.9 Å². The Balaban J connectivity index is 0.738. The van der Waals surface area contributed by atoms with Crippen LogP contribution in [-0.4, -0.2) is 150 Å². The predicted octanol–water partition coefficient (Wildman–Crippen LogP) is 4.90. The Kier molecular flexibility index (Phi) is 15.9. The van der Waals surface area contributed by atoms with Gasteiger partial charge >= 0.3 is 6.09 Å². The average molecular weight is 1050 g/mol. The van der Waals surface area contributed by atoms with Gasteiger partial charge in [-0.15, -0.1) is 10.2 Å². The van der Waals surface area contributed by atoms with Gasteiger partial charge in [-0.25, -0.2) is 19.7 Å². The smallest absolute Gasteiger partial charge is 0.414 e. The van der Waals surface area contributed by atoms with Crippen LogP contribution >= 0.6 is 0 Å². The van der Waals surface area contributed by atoms with Crippen LogP contribution in [0, 0.1) is 0 Å². The highest BCUT2D eigenvalue weighted by atomic mass is 16.6. The molecular weight excluding hydrogens is 989 g/mol. The summed E-state index contributed by atoms with van der Waals surface area (Å²) in [7, 11) is 3.15. The molecule has 77 heavy (non-hydrogen) atoms. The lowest BCUT2D eigenvalue weighted by Crippen LogP contribution is -2.48. The average Bonchev–Trinajstić information content (AvgIpc) is 4.16. The second-order valence-electron chi connectivity index (χ2n) is 18.8. The van der Waals surface area contributed by atoms with Crippen molar-refractivity contribution in [2.24, 2.45) is 4.99 Å². The van der Waals surface area contributed by atoms with Gasteiger partial charge < -0.3 is 50.6 Å². The third-order valence-electron chi connectivity index (χ3n) is 13.3. The van der Waals surface area contributed by atoms with Crippen LogP contribution in [0.1, 0.15) is 70.8 Å². The molecule has 3 aromatic heterocycles. The number of aromatic hydroxyl groups is 2. The number of benzene rings is 4. The molecule has 400 valence electrons. The summed E-state index contributed by atoms with van der Waals surface area (Å²) in [5, 5.41) is 36.8. The maximum atomic E-state index is 13.4. The minimum absolute atomic E-state index is 0.00345. The fourth-order valence-corrected chi connectivity index (χ4v) is 9.15. The van der Waals surface area contributed by atoms with Gasteiger partial charge in [-0.1, -0.05) is 38.1 Å². The first kappa shape index (κ1) is 52.7. The molecule has 1 saturated heterocycles. The molecule has 6 N–H and O–H groups in total. The summed E-state index contributed by atoms with van der Waals surface area (Å²) in [5.41, 5.74) is 9.77. The molecule has 4 aromatic carbocycles. The van der Waals surface area contributed by atoms with Crippen LogP contribution in [0.15, 0.2) is 90.2 Å². The highest BCUT2D eigenvalue weighted by Crippen LogP contribution is 2.39. The van der Waals surface area contributed by atoms with Crippen LogP contribution in [0.3, 0.4) is 0 Å². The molecule has 1 fully saturated rings. The van der Waals surface area contributed by atoms with Gasteiger partial charge in [-0.3, -0.25) is 28.4 Å². The van der Waals surface area contributed by atoms with Crippen LogP contribution in [0.25, 0.3) is 28.0 Å². The lowest BCUT2D eigenvalue weighted by Gasteiger charge is -2.35. The molecule has 0 bridgehead atoms. The van der Waals surface area contributed by atoms with Crippen LogP contribution in [0.4, 0.5) is 16.6 Å². The van der Waals surface area contributed by atoms with Gasteiger partial charge in [0.15, 0.2) is 17.3 Å². The van der Waals surface area contributed by atoms with E-state index < -0.39 is 17.9 Å². The second kappa shape index (κ2) is 23.2. The number of nitrogen functional groups attached to an aromatic ring is 1. The number of hydrogen-bond acceptors (Lipinski definition) is 17. The minimum Gasteiger partial charge on any atom is -0.508 e. The molecule has 0 radical (unpaired) electrons. The molecule has 0 aliphatic carbocycles. The first-order valence-electron chi connectivity index (χ1n) is 25.3. The number of anilines is 2. The van der Waals surface area contributed by atoms with E-state index in [0.29, 0.717) is 105 Å². The van der Waals surface area contributed by atoms with Crippen molar-refractivity contribution in [3.8, 4) is 45.8 Å². The number of phenolic OH excluding ortho intramolecular Hbond substituents is 2. The number of nitrogens with zero attached hydrogens (tertiary/aromatic N) is 11. The topological polar surface area (TPSA) is 283 Å². The summed E-state index contributed by atoms with van der Waals surface area (Å²) < 4.78 is 21.0. The molecule has 23 heteroatoms. The molecule has 0 unspecified atom stereocenters. The second-order valence-corrected chi connectivity index (χ2v) is 18.8. The number of aromatic nitrogens is 7. The van der Waals surface area contributed by atoms with E-state index in [1.165, 1.54) is 30.5 Å². The summed E-state index contributed by atoms with van der Waals surface area (Å²) in [6.45, 7) is 10.9. The van der Waals surface area contributed by atoms with Gasteiger partial charge in [-0.05, 0) is 78.4 Å². The summed E-state index contributed by atoms with van der Waals surface area (Å²) in [6, 6.07) is 21.2. The number of methoxy groups -OCH3 is 1. The minimum atomic E-state index is -0.575. The zero-order valence-electron chi connectivity index (χ0n) is 43.4. The van der Waals surface area contributed by atoms with Crippen molar-refractivity contribution in [2.45, 2.75) is 52.6 Å². The number of carbonyl (C=O) groups excluding carboxylic acids is 4. The van der Waals surface area contributed by atoms with E-state index in [-0.39, 0.29) is 65.1 Å². The Morgan fingerprint density at radius 2 is 1.64 bits per heavy atom. The van der Waals surface area contributed by atoms with Crippen molar-refractivity contribution in [3.05, 3.63) is 119 Å². The highest BCUT2D eigenvalue weighted by Gasteiger charge is 2.27. The zero-order chi connectivity index (χ0) is 54.3. The van der Waals surface area contributed by atoms with Crippen molar-refractivity contribution in [2.75, 3.05) is 77.6 Å². The number of rotatable bonds is 17. The SMILES string of the molecule is CCNC(=O)c1nnc(-c2cc(C(C)C)c(O)cc2O)n1-c1ccc(CN2CCN(C(=O)Cc3ccc(OC(=O)N(C)CCCOc4ccc5c6n(c(=NC(=O)c7cnc(N)nc7)nc5c4OC)CCN6)cc3)CC2)cc1. The molecule has 23 nitrogen and oxygen atoms in total. The zero-order valence-corrected chi connectivity index (χ0v) is 43.4. The number of phenols is 2. The summed E-state index contributed by atoms with van der Waals surface area (Å²) in [6.07, 6.45) is 2.74. The number of amides is 4. The van der Waals surface area contributed by atoms with E-state index >= 15 is 0 Å². The van der Waals surface area contributed by atoms with Crippen molar-refractivity contribution in [3.63, 3.8) is 0 Å². The monoisotopic (exact) mass is 1050 g/mol. The van der Waals surface area contributed by atoms with E-state index in [1.54, 1.807) is 48.0 Å². The molecule has 2 aliphatic heterocycles. The van der Waals surface area contributed by atoms with E-state index in [0.717, 1.165) is 22.3 Å². The Morgan fingerprint density at radius 3 is 2.34 bits per heavy atom. The first-order chi connectivity index (χ1) is 37.2. The summed E-state index contributed by atoms with van der Waals surface area (Å²) in [4.78, 5) is 75.0. The quantitative estimate of drug-likeness (QED) is 0.0758. The molecular formula is C54H60N14O9. The predicted molar refractivity (Wildman–Crippen MR) is 284 cm³/mol. The molecule has 5 heterocycles. The maximum absolute atomic E-state index is 13.4. The van der Waals surface area contributed by atoms with E-state index in [9.17, 15) is 29.4 Å². The lowest BCUT2D eigenvalue weighted by atomic mass is 9.98. The Bertz CT molecular complexity index is 3390. The van der Waals surface area contributed by atoms with Gasteiger partial charge in [0.2, 0.25) is 23.3 Å². The third-order valence-corrected chi connectivity index (χ3v) is 13.3.